The molecule has 2 aromatic carbocycles. The summed E-state index contributed by atoms with van der Waals surface area (Å²) in [6.45, 7) is 6.84. The Morgan fingerprint density at radius 1 is 0.526 bits per heavy atom. The number of rotatable bonds is 29. The highest BCUT2D eigenvalue weighted by atomic mass is 16.6. The summed E-state index contributed by atoms with van der Waals surface area (Å²) in [6.07, 6.45) is 0.157. The summed E-state index contributed by atoms with van der Waals surface area (Å²) in [4.78, 5) is 76.7. The molecule has 18 heteroatoms. The third-order valence-electron chi connectivity index (χ3n) is 8.97. The van der Waals surface area contributed by atoms with Gasteiger partial charge in [0, 0.05) is 18.7 Å². The van der Waals surface area contributed by atoms with Crippen LogP contribution in [0, 0.1) is 0 Å². The van der Waals surface area contributed by atoms with Crippen LogP contribution in [-0.4, -0.2) is 170 Å². The molecule has 0 aliphatic carbocycles. The Morgan fingerprint density at radius 3 is 1.47 bits per heavy atom. The van der Waals surface area contributed by atoms with Gasteiger partial charge in [-0.15, -0.1) is 0 Å². The number of hydrogen-bond donors (Lipinski definition) is 2. The smallest absolute Gasteiger partial charge is 0.264 e. The summed E-state index contributed by atoms with van der Waals surface area (Å²) >= 11 is 0. The second-order valence-electron chi connectivity index (χ2n) is 12.8. The van der Waals surface area contributed by atoms with Crippen LogP contribution in [0.5, 0.6) is 0 Å². The van der Waals surface area contributed by atoms with Crippen molar-refractivity contribution in [3.05, 3.63) is 64.7 Å². The summed E-state index contributed by atoms with van der Waals surface area (Å²) in [5.41, 5.74) is 1.74. The number of fused-ring (bicyclic) bond motifs is 2. The van der Waals surface area contributed by atoms with Crippen LogP contribution in [0.2, 0.25) is 0 Å². The first-order chi connectivity index (χ1) is 27.9. The number of carbonyl (C=O) groups is 6. The molecule has 3 aliphatic rings. The number of piperidine rings is 1. The number of anilines is 1. The van der Waals surface area contributed by atoms with Crippen LogP contribution in [0.4, 0.5) is 5.69 Å². The molecule has 3 heterocycles. The fourth-order valence-corrected chi connectivity index (χ4v) is 6.16. The van der Waals surface area contributed by atoms with E-state index < -0.39 is 29.7 Å². The molecule has 18 nitrogen and oxygen atoms in total. The first-order valence-electron chi connectivity index (χ1n) is 19.0. The van der Waals surface area contributed by atoms with E-state index in [4.69, 9.17) is 37.9 Å². The second-order valence-corrected chi connectivity index (χ2v) is 12.8. The third-order valence-corrected chi connectivity index (χ3v) is 8.97. The Morgan fingerprint density at radius 2 is 0.982 bits per heavy atom. The molecule has 1 fully saturated rings. The van der Waals surface area contributed by atoms with Gasteiger partial charge in [0.25, 0.3) is 23.6 Å². The first-order valence-corrected chi connectivity index (χ1v) is 19.0. The van der Waals surface area contributed by atoms with Crippen molar-refractivity contribution in [2.24, 2.45) is 0 Å². The van der Waals surface area contributed by atoms with Crippen molar-refractivity contribution in [3.63, 3.8) is 0 Å². The minimum absolute atomic E-state index is 0.0599. The number of benzene rings is 2. The lowest BCUT2D eigenvalue weighted by Crippen LogP contribution is -2.54. The molecule has 0 bridgehead atoms. The van der Waals surface area contributed by atoms with E-state index in [2.05, 4.69) is 10.6 Å². The number of nitrogens with one attached hydrogen (secondary N) is 2. The second kappa shape index (κ2) is 23.5. The van der Waals surface area contributed by atoms with E-state index in [0.717, 1.165) is 4.90 Å². The molecule has 0 saturated carbocycles. The standard InChI is InChI=1S/C39H50N4O14/c44-33-9-8-32(35(45)41-33)43-38(48)30-6-3-7-31(34(30)39(43)49)40-10-12-50-14-16-52-18-20-54-22-24-56-26-27-57-25-23-55-21-19-53-17-15-51-13-11-42-36(46)28-4-1-2-5-29(28)37(42)47/h1-7,32,40H,8-27H2,(H,41,44,45). The Labute approximate surface area is 330 Å². The summed E-state index contributed by atoms with van der Waals surface area (Å²) in [5.74, 6) is -2.78. The first kappa shape index (κ1) is 43.5. The van der Waals surface area contributed by atoms with Crippen LogP contribution in [-0.2, 0) is 47.5 Å². The number of ether oxygens (including phenoxy) is 8. The molecular formula is C39H50N4O14. The number of amides is 6. The van der Waals surface area contributed by atoms with Crippen LogP contribution in [0.15, 0.2) is 42.5 Å². The molecule has 2 N–H and O–H groups in total. The van der Waals surface area contributed by atoms with Gasteiger partial charge in [0.2, 0.25) is 11.8 Å². The highest BCUT2D eigenvalue weighted by Crippen LogP contribution is 2.32. The summed E-state index contributed by atoms with van der Waals surface area (Å²) < 4.78 is 44.0. The number of carbonyl (C=O) groups excluding carboxylic acids is 6. The van der Waals surface area contributed by atoms with Gasteiger partial charge in [0.1, 0.15) is 6.04 Å². The normalized spacial score (nSPS) is 16.5. The lowest BCUT2D eigenvalue weighted by atomic mass is 10.0. The van der Waals surface area contributed by atoms with Crippen LogP contribution in [0.3, 0.4) is 0 Å². The largest absolute Gasteiger partial charge is 0.382 e. The molecule has 0 aromatic heterocycles. The maximum Gasteiger partial charge on any atom is 0.264 e. The SMILES string of the molecule is O=C1CCC(N2C(=O)c3cccc(NCCOCCOCCOCCOCCOCCOCCOCCOCCN4C(=O)c5ccccc5C4=O)c3C2=O)C(=O)N1. The Kier molecular flexibility index (Phi) is 18.0. The van der Waals surface area contributed by atoms with Crippen molar-refractivity contribution in [1.29, 1.82) is 0 Å². The van der Waals surface area contributed by atoms with E-state index in [0.29, 0.717) is 122 Å². The van der Waals surface area contributed by atoms with Crippen molar-refractivity contribution in [1.82, 2.24) is 15.1 Å². The molecule has 310 valence electrons. The van der Waals surface area contributed by atoms with E-state index in [1.165, 1.54) is 4.90 Å². The fraction of sp³-hybridized carbons (Fsp3) is 0.538. The van der Waals surface area contributed by atoms with Gasteiger partial charge in [-0.1, -0.05) is 18.2 Å². The molecule has 5 rings (SSSR count). The monoisotopic (exact) mass is 798 g/mol. The van der Waals surface area contributed by atoms with Gasteiger partial charge in [-0.05, 0) is 30.7 Å². The number of nitrogens with zero attached hydrogens (tertiary/aromatic N) is 2. The summed E-state index contributed by atoms with van der Waals surface area (Å²) in [6, 6.07) is 10.7. The molecule has 1 saturated heterocycles. The quantitative estimate of drug-likeness (QED) is 0.0868. The highest BCUT2D eigenvalue weighted by molar-refractivity contribution is 6.25. The van der Waals surface area contributed by atoms with Crippen LogP contribution in [0.1, 0.15) is 54.3 Å². The van der Waals surface area contributed by atoms with Gasteiger partial charge in [-0.2, -0.15) is 0 Å². The maximum absolute atomic E-state index is 13.2. The molecule has 0 spiro atoms. The highest BCUT2D eigenvalue weighted by Gasteiger charge is 2.45. The van der Waals surface area contributed by atoms with Crippen molar-refractivity contribution in [2.75, 3.05) is 124 Å². The molecular weight excluding hydrogens is 748 g/mol. The van der Waals surface area contributed by atoms with Gasteiger partial charge in [0.05, 0.1) is 135 Å². The lowest BCUT2D eigenvalue weighted by Gasteiger charge is -2.27. The van der Waals surface area contributed by atoms with Crippen LogP contribution >= 0.6 is 0 Å². The Balaban J connectivity index is 0.742. The zero-order valence-electron chi connectivity index (χ0n) is 31.9. The molecule has 57 heavy (non-hydrogen) atoms. The topological polar surface area (TPSA) is 207 Å². The van der Waals surface area contributed by atoms with Crippen LogP contribution < -0.4 is 10.6 Å². The molecule has 2 aromatic rings. The number of imide groups is 3. The van der Waals surface area contributed by atoms with E-state index in [1.807, 2.05) is 0 Å². The Bertz CT molecular complexity index is 1650. The molecule has 3 aliphatic heterocycles. The zero-order chi connectivity index (χ0) is 40.2. The van der Waals surface area contributed by atoms with Crippen molar-refractivity contribution >= 4 is 41.1 Å². The predicted octanol–water partition coefficient (Wildman–Crippen LogP) is 0.929. The van der Waals surface area contributed by atoms with Crippen LogP contribution in [0.25, 0.3) is 0 Å². The predicted molar refractivity (Wildman–Crippen MR) is 200 cm³/mol. The minimum Gasteiger partial charge on any atom is -0.382 e. The average Bonchev–Trinajstić information content (AvgIpc) is 3.61. The van der Waals surface area contributed by atoms with Gasteiger partial charge in [-0.25, -0.2) is 0 Å². The molecule has 0 radical (unpaired) electrons. The van der Waals surface area contributed by atoms with E-state index in [-0.39, 0.29) is 48.9 Å². The van der Waals surface area contributed by atoms with Crippen molar-refractivity contribution < 1.29 is 66.7 Å². The summed E-state index contributed by atoms with van der Waals surface area (Å²) in [7, 11) is 0. The molecule has 1 atom stereocenters. The van der Waals surface area contributed by atoms with Gasteiger partial charge >= 0.3 is 0 Å². The van der Waals surface area contributed by atoms with Gasteiger partial charge in [0.15, 0.2) is 0 Å². The minimum atomic E-state index is -1.02. The fourth-order valence-electron chi connectivity index (χ4n) is 6.16. The van der Waals surface area contributed by atoms with Gasteiger partial charge < -0.3 is 43.2 Å². The van der Waals surface area contributed by atoms with E-state index in [1.54, 1.807) is 42.5 Å². The summed E-state index contributed by atoms with van der Waals surface area (Å²) in [5, 5.41) is 5.32. The zero-order valence-corrected chi connectivity index (χ0v) is 31.9. The van der Waals surface area contributed by atoms with Crippen molar-refractivity contribution in [2.45, 2.75) is 18.9 Å². The van der Waals surface area contributed by atoms with E-state index in [9.17, 15) is 28.8 Å². The third kappa shape index (κ3) is 12.7. The average molecular weight is 799 g/mol. The van der Waals surface area contributed by atoms with Crippen molar-refractivity contribution in [3.8, 4) is 0 Å². The van der Waals surface area contributed by atoms with Gasteiger partial charge in [-0.3, -0.25) is 43.9 Å². The Hall–Kier alpha value is -4.66. The molecule has 6 amide bonds. The maximum atomic E-state index is 13.2. The number of hydrogen-bond acceptors (Lipinski definition) is 15. The van der Waals surface area contributed by atoms with E-state index >= 15 is 0 Å². The molecule has 1 unspecified atom stereocenters. The lowest BCUT2D eigenvalue weighted by molar-refractivity contribution is -0.136.